The third-order valence-corrected chi connectivity index (χ3v) is 9.94. The standard InChI is InChI=1S/C26H30BrO5P/c1-15-9-20(10-16(2)25(15)31-7)33(28,21-11-17(3)26(32-8)18(4)12-21)23-14-19(29-5)13-22(30-6)24(23)27/h9-14H,1-8H3. The largest absolute Gasteiger partial charge is 0.497 e. The second kappa shape index (κ2) is 9.82. The number of benzene rings is 3. The van der Waals surface area contributed by atoms with Gasteiger partial charge in [-0.15, -0.1) is 0 Å². The van der Waals surface area contributed by atoms with Crippen LogP contribution in [0.1, 0.15) is 22.3 Å². The number of hydrogen-bond acceptors (Lipinski definition) is 5. The molecule has 3 aromatic carbocycles. The van der Waals surface area contributed by atoms with E-state index in [-0.39, 0.29) is 0 Å². The number of halogens is 1. The maximum Gasteiger partial charge on any atom is 0.172 e. The van der Waals surface area contributed by atoms with Crippen LogP contribution in [0.3, 0.4) is 0 Å². The molecule has 0 radical (unpaired) electrons. The van der Waals surface area contributed by atoms with E-state index in [1.165, 1.54) is 0 Å². The Morgan fingerprint density at radius 3 is 1.39 bits per heavy atom. The van der Waals surface area contributed by atoms with Crippen LogP contribution in [0.4, 0.5) is 0 Å². The van der Waals surface area contributed by atoms with E-state index < -0.39 is 7.14 Å². The molecule has 176 valence electrons. The first-order valence-corrected chi connectivity index (χ1v) is 13.0. The third-order valence-electron chi connectivity index (χ3n) is 5.81. The molecule has 33 heavy (non-hydrogen) atoms. The zero-order chi connectivity index (χ0) is 24.5. The normalized spacial score (nSPS) is 11.3. The molecule has 5 nitrogen and oxygen atoms in total. The minimum atomic E-state index is -3.38. The molecule has 0 aliphatic heterocycles. The molecular weight excluding hydrogens is 503 g/mol. The van der Waals surface area contributed by atoms with Crippen LogP contribution in [-0.2, 0) is 4.57 Å². The van der Waals surface area contributed by atoms with Crippen molar-refractivity contribution in [1.82, 2.24) is 0 Å². The van der Waals surface area contributed by atoms with Crippen molar-refractivity contribution in [3.63, 3.8) is 0 Å². The molecule has 7 heteroatoms. The molecule has 0 saturated heterocycles. The lowest BCUT2D eigenvalue weighted by atomic mass is 10.1. The summed E-state index contributed by atoms with van der Waals surface area (Å²) in [5.74, 6) is 2.69. The lowest BCUT2D eigenvalue weighted by Crippen LogP contribution is -2.27. The summed E-state index contributed by atoms with van der Waals surface area (Å²) in [5, 5.41) is 2.02. The average Bonchev–Trinajstić information content (AvgIpc) is 2.78. The van der Waals surface area contributed by atoms with Gasteiger partial charge >= 0.3 is 0 Å². The zero-order valence-electron chi connectivity index (χ0n) is 20.3. The van der Waals surface area contributed by atoms with Gasteiger partial charge in [-0.05, 0) is 96.2 Å². The van der Waals surface area contributed by atoms with Gasteiger partial charge in [0.1, 0.15) is 23.0 Å². The van der Waals surface area contributed by atoms with Crippen molar-refractivity contribution >= 4 is 39.0 Å². The van der Waals surface area contributed by atoms with Crippen LogP contribution in [0.2, 0.25) is 0 Å². The Labute approximate surface area is 204 Å². The van der Waals surface area contributed by atoms with Gasteiger partial charge in [-0.25, -0.2) is 0 Å². The van der Waals surface area contributed by atoms with Gasteiger partial charge in [0.25, 0.3) is 0 Å². The fourth-order valence-electron chi connectivity index (χ4n) is 4.34. The van der Waals surface area contributed by atoms with E-state index in [0.717, 1.165) is 33.8 Å². The Hall–Kier alpha value is -2.43. The van der Waals surface area contributed by atoms with Crippen LogP contribution in [0, 0.1) is 27.7 Å². The lowest BCUT2D eigenvalue weighted by molar-refractivity contribution is 0.393. The summed E-state index contributed by atoms with van der Waals surface area (Å²) < 4.78 is 38.2. The first-order valence-electron chi connectivity index (χ1n) is 10.5. The van der Waals surface area contributed by atoms with Crippen LogP contribution < -0.4 is 34.9 Å². The predicted octanol–water partition coefficient (Wildman–Crippen LogP) is 5.36. The number of methoxy groups -OCH3 is 4. The molecule has 3 aromatic rings. The maximum atomic E-state index is 15.4. The summed E-state index contributed by atoms with van der Waals surface area (Å²) in [6.45, 7) is 7.85. The van der Waals surface area contributed by atoms with E-state index in [4.69, 9.17) is 18.9 Å². The molecule has 0 N–H and O–H groups in total. The lowest BCUT2D eigenvalue weighted by Gasteiger charge is -2.25. The first kappa shape index (κ1) is 25.2. The third kappa shape index (κ3) is 4.39. The van der Waals surface area contributed by atoms with Gasteiger partial charge in [-0.2, -0.15) is 0 Å². The van der Waals surface area contributed by atoms with Gasteiger partial charge < -0.3 is 23.5 Å². The fraction of sp³-hybridized carbons (Fsp3) is 0.308. The Morgan fingerprint density at radius 1 is 0.636 bits per heavy atom. The van der Waals surface area contributed by atoms with Crippen LogP contribution in [0.25, 0.3) is 0 Å². The quantitative estimate of drug-likeness (QED) is 0.383. The Kier molecular flexibility index (Phi) is 7.50. The average molecular weight is 533 g/mol. The van der Waals surface area contributed by atoms with E-state index in [0.29, 0.717) is 31.9 Å². The number of aryl methyl sites for hydroxylation is 4. The molecule has 0 aliphatic rings. The summed E-state index contributed by atoms with van der Waals surface area (Å²) in [4.78, 5) is 0. The van der Waals surface area contributed by atoms with Crippen molar-refractivity contribution in [2.24, 2.45) is 0 Å². The van der Waals surface area contributed by atoms with E-state index in [1.54, 1.807) is 34.5 Å². The van der Waals surface area contributed by atoms with Crippen molar-refractivity contribution in [3.8, 4) is 23.0 Å². The topological polar surface area (TPSA) is 54.0 Å². The second-order valence-electron chi connectivity index (χ2n) is 8.00. The molecule has 0 aromatic heterocycles. The summed E-state index contributed by atoms with van der Waals surface area (Å²) >= 11 is 3.66. The van der Waals surface area contributed by atoms with E-state index in [2.05, 4.69) is 15.9 Å². The molecule has 0 aliphatic carbocycles. The van der Waals surface area contributed by atoms with Gasteiger partial charge in [0.2, 0.25) is 0 Å². The van der Waals surface area contributed by atoms with Gasteiger partial charge in [-0.1, -0.05) is 0 Å². The maximum absolute atomic E-state index is 15.4. The molecule has 0 heterocycles. The highest BCUT2D eigenvalue weighted by atomic mass is 79.9. The van der Waals surface area contributed by atoms with Crippen molar-refractivity contribution in [3.05, 3.63) is 63.1 Å². The first-order chi connectivity index (χ1) is 15.6. The Balaban J connectivity index is 2.48. The Bertz CT molecular complexity index is 1140. The number of hydrogen-bond donors (Lipinski definition) is 0. The predicted molar refractivity (Wildman–Crippen MR) is 139 cm³/mol. The molecule has 0 atom stereocenters. The molecular formula is C26H30BrO5P. The fourth-order valence-corrected chi connectivity index (χ4v) is 8.54. The highest BCUT2D eigenvalue weighted by Crippen LogP contribution is 2.49. The minimum Gasteiger partial charge on any atom is -0.497 e. The van der Waals surface area contributed by atoms with E-state index >= 15 is 4.57 Å². The van der Waals surface area contributed by atoms with Crippen molar-refractivity contribution < 1.29 is 23.5 Å². The molecule has 0 amide bonds. The molecule has 0 unspecified atom stereocenters. The Morgan fingerprint density at radius 2 is 1.06 bits per heavy atom. The molecule has 0 saturated carbocycles. The van der Waals surface area contributed by atoms with Crippen molar-refractivity contribution in [1.29, 1.82) is 0 Å². The van der Waals surface area contributed by atoms with E-state index in [9.17, 15) is 0 Å². The van der Waals surface area contributed by atoms with Gasteiger partial charge in [0.05, 0.1) is 32.9 Å². The van der Waals surface area contributed by atoms with Crippen LogP contribution >= 0.6 is 23.1 Å². The van der Waals surface area contributed by atoms with Gasteiger partial charge in [0.15, 0.2) is 7.14 Å². The van der Waals surface area contributed by atoms with E-state index in [1.807, 2.05) is 58.0 Å². The zero-order valence-corrected chi connectivity index (χ0v) is 22.8. The minimum absolute atomic E-state index is 0.550. The van der Waals surface area contributed by atoms with Gasteiger partial charge in [0, 0.05) is 22.0 Å². The van der Waals surface area contributed by atoms with Crippen molar-refractivity contribution in [2.75, 3.05) is 28.4 Å². The molecule has 3 rings (SSSR count). The van der Waals surface area contributed by atoms with Crippen LogP contribution in [-0.4, -0.2) is 28.4 Å². The molecule has 0 spiro atoms. The highest BCUT2D eigenvalue weighted by molar-refractivity contribution is 9.10. The van der Waals surface area contributed by atoms with Crippen LogP contribution in [0.15, 0.2) is 40.9 Å². The second-order valence-corrected chi connectivity index (χ2v) is 11.5. The molecule has 0 bridgehead atoms. The summed E-state index contributed by atoms with van der Waals surface area (Å²) in [5.41, 5.74) is 3.67. The molecule has 0 fully saturated rings. The summed E-state index contributed by atoms with van der Waals surface area (Å²) in [7, 11) is 3.08. The number of ether oxygens (including phenoxy) is 4. The summed E-state index contributed by atoms with van der Waals surface area (Å²) in [6, 6.07) is 11.4. The van der Waals surface area contributed by atoms with Gasteiger partial charge in [-0.3, -0.25) is 0 Å². The smallest absolute Gasteiger partial charge is 0.172 e. The monoisotopic (exact) mass is 532 g/mol. The number of rotatable bonds is 7. The van der Waals surface area contributed by atoms with Crippen molar-refractivity contribution in [2.45, 2.75) is 27.7 Å². The van der Waals surface area contributed by atoms with Crippen LogP contribution in [0.5, 0.6) is 23.0 Å². The SMILES string of the molecule is COc1cc(OC)c(Br)c(P(=O)(c2cc(C)c(OC)c(C)c2)c2cc(C)c(OC)c(C)c2)c1. The highest BCUT2D eigenvalue weighted by Gasteiger charge is 2.35. The summed E-state index contributed by atoms with van der Waals surface area (Å²) in [6.07, 6.45) is 0.